The lowest BCUT2D eigenvalue weighted by atomic mass is 10.0. The maximum Gasteiger partial charge on any atom is 0.161 e. The van der Waals surface area contributed by atoms with Crippen molar-refractivity contribution in [2.75, 3.05) is 19.8 Å². The van der Waals surface area contributed by atoms with Crippen LogP contribution >= 0.6 is 0 Å². The quantitative estimate of drug-likeness (QED) is 0.935. The minimum absolute atomic E-state index is 0.183. The fourth-order valence-electron chi connectivity index (χ4n) is 2.37. The van der Waals surface area contributed by atoms with Crippen molar-refractivity contribution in [3.63, 3.8) is 0 Å². The topological polar surface area (TPSA) is 30.5 Å². The Morgan fingerprint density at radius 2 is 1.71 bits per heavy atom. The van der Waals surface area contributed by atoms with Crippen molar-refractivity contribution >= 4 is 0 Å². The standard InChI is InChI=1S/C17H18FNO2/c1-2-19-11-14-9-12(3-5-15(14)18)13-4-6-16-17(10-13)21-8-7-20-16/h3-6,9-10,19H,2,7-8,11H2,1H3. The Morgan fingerprint density at radius 3 is 2.52 bits per heavy atom. The third-order valence-corrected chi connectivity index (χ3v) is 3.49. The number of halogens is 1. The summed E-state index contributed by atoms with van der Waals surface area (Å²) < 4.78 is 24.9. The predicted octanol–water partition coefficient (Wildman–Crippen LogP) is 3.37. The van der Waals surface area contributed by atoms with E-state index in [9.17, 15) is 4.39 Å². The van der Waals surface area contributed by atoms with Crippen LogP contribution in [0, 0.1) is 5.82 Å². The fraction of sp³-hybridized carbons (Fsp3) is 0.294. The summed E-state index contributed by atoms with van der Waals surface area (Å²) >= 11 is 0. The number of hydrogen-bond acceptors (Lipinski definition) is 3. The lowest BCUT2D eigenvalue weighted by molar-refractivity contribution is 0.171. The molecule has 1 heterocycles. The van der Waals surface area contributed by atoms with Gasteiger partial charge in [-0.25, -0.2) is 4.39 Å². The van der Waals surface area contributed by atoms with E-state index in [0.717, 1.165) is 29.2 Å². The van der Waals surface area contributed by atoms with Gasteiger partial charge in [-0.2, -0.15) is 0 Å². The van der Waals surface area contributed by atoms with E-state index in [0.29, 0.717) is 25.3 Å². The largest absolute Gasteiger partial charge is 0.486 e. The second-order valence-electron chi connectivity index (χ2n) is 4.94. The number of ether oxygens (including phenoxy) is 2. The smallest absolute Gasteiger partial charge is 0.161 e. The van der Waals surface area contributed by atoms with Gasteiger partial charge in [0.15, 0.2) is 11.5 Å². The monoisotopic (exact) mass is 287 g/mol. The number of rotatable bonds is 4. The van der Waals surface area contributed by atoms with Gasteiger partial charge in [-0.3, -0.25) is 0 Å². The van der Waals surface area contributed by atoms with E-state index in [4.69, 9.17) is 9.47 Å². The molecule has 0 aromatic heterocycles. The van der Waals surface area contributed by atoms with E-state index in [1.54, 1.807) is 6.07 Å². The average Bonchev–Trinajstić information content (AvgIpc) is 2.53. The zero-order chi connectivity index (χ0) is 14.7. The molecule has 110 valence electrons. The number of hydrogen-bond donors (Lipinski definition) is 1. The molecule has 4 heteroatoms. The molecule has 0 unspecified atom stereocenters. The third kappa shape index (κ3) is 3.00. The summed E-state index contributed by atoms with van der Waals surface area (Å²) in [4.78, 5) is 0. The van der Waals surface area contributed by atoms with Crippen molar-refractivity contribution < 1.29 is 13.9 Å². The molecule has 0 amide bonds. The van der Waals surface area contributed by atoms with Crippen LogP contribution < -0.4 is 14.8 Å². The molecule has 3 nitrogen and oxygen atoms in total. The van der Waals surface area contributed by atoms with E-state index in [2.05, 4.69) is 5.32 Å². The molecule has 2 aromatic carbocycles. The van der Waals surface area contributed by atoms with Crippen LogP contribution in [0.1, 0.15) is 12.5 Å². The summed E-state index contributed by atoms with van der Waals surface area (Å²) in [5.74, 6) is 1.33. The minimum Gasteiger partial charge on any atom is -0.486 e. The summed E-state index contributed by atoms with van der Waals surface area (Å²) in [5, 5.41) is 3.15. The van der Waals surface area contributed by atoms with Crippen LogP contribution in [0.25, 0.3) is 11.1 Å². The highest BCUT2D eigenvalue weighted by Crippen LogP contribution is 2.34. The van der Waals surface area contributed by atoms with Gasteiger partial charge in [-0.1, -0.05) is 19.1 Å². The molecule has 2 aromatic rings. The van der Waals surface area contributed by atoms with Gasteiger partial charge >= 0.3 is 0 Å². The molecule has 21 heavy (non-hydrogen) atoms. The SMILES string of the molecule is CCNCc1cc(-c2ccc3c(c2)OCCO3)ccc1F. The van der Waals surface area contributed by atoms with Crippen LogP contribution in [0.15, 0.2) is 36.4 Å². The van der Waals surface area contributed by atoms with Crippen LogP contribution in [0.5, 0.6) is 11.5 Å². The molecule has 3 rings (SSSR count). The Hall–Kier alpha value is -2.07. The van der Waals surface area contributed by atoms with Crippen LogP contribution in [-0.2, 0) is 6.54 Å². The van der Waals surface area contributed by atoms with Crippen molar-refractivity contribution in [1.29, 1.82) is 0 Å². The van der Waals surface area contributed by atoms with Crippen molar-refractivity contribution in [2.24, 2.45) is 0 Å². The number of fused-ring (bicyclic) bond motifs is 1. The van der Waals surface area contributed by atoms with E-state index >= 15 is 0 Å². The summed E-state index contributed by atoms with van der Waals surface area (Å²) in [5.41, 5.74) is 2.64. The number of nitrogens with one attached hydrogen (secondary N) is 1. The average molecular weight is 287 g/mol. The first-order chi connectivity index (χ1) is 10.3. The van der Waals surface area contributed by atoms with Gasteiger partial charge in [0, 0.05) is 12.1 Å². The van der Waals surface area contributed by atoms with E-state index in [1.165, 1.54) is 6.07 Å². The third-order valence-electron chi connectivity index (χ3n) is 3.49. The first-order valence-electron chi connectivity index (χ1n) is 7.17. The maximum atomic E-state index is 13.8. The normalized spacial score (nSPS) is 13.2. The predicted molar refractivity (Wildman–Crippen MR) is 80.2 cm³/mol. The Bertz CT molecular complexity index is 643. The molecule has 0 fully saturated rings. The van der Waals surface area contributed by atoms with Crippen molar-refractivity contribution in [3.8, 4) is 22.6 Å². The molecular formula is C17H18FNO2. The van der Waals surface area contributed by atoms with Crippen LogP contribution in [-0.4, -0.2) is 19.8 Å². The Kier molecular flexibility index (Phi) is 4.06. The van der Waals surface area contributed by atoms with Gasteiger partial charge in [0.25, 0.3) is 0 Å². The zero-order valence-corrected chi connectivity index (χ0v) is 12.0. The Balaban J connectivity index is 1.92. The second kappa shape index (κ2) is 6.14. The molecule has 0 bridgehead atoms. The summed E-state index contributed by atoms with van der Waals surface area (Å²) in [6, 6.07) is 11.0. The lowest BCUT2D eigenvalue weighted by Crippen LogP contribution is -2.15. The lowest BCUT2D eigenvalue weighted by Gasteiger charge is -2.19. The highest BCUT2D eigenvalue weighted by atomic mass is 19.1. The first-order valence-corrected chi connectivity index (χ1v) is 7.17. The Labute approximate surface area is 123 Å². The molecule has 1 N–H and O–H groups in total. The minimum atomic E-state index is -0.183. The van der Waals surface area contributed by atoms with Crippen LogP contribution in [0.4, 0.5) is 4.39 Å². The molecule has 0 atom stereocenters. The summed E-state index contributed by atoms with van der Waals surface area (Å²) in [6.45, 7) is 4.48. The van der Waals surface area contributed by atoms with Gasteiger partial charge < -0.3 is 14.8 Å². The van der Waals surface area contributed by atoms with Crippen molar-refractivity contribution in [1.82, 2.24) is 5.32 Å². The first kappa shape index (κ1) is 13.9. The zero-order valence-electron chi connectivity index (χ0n) is 12.0. The van der Waals surface area contributed by atoms with E-state index in [-0.39, 0.29) is 5.82 Å². The van der Waals surface area contributed by atoms with Crippen LogP contribution in [0.3, 0.4) is 0 Å². The van der Waals surface area contributed by atoms with Gasteiger partial charge in [0.05, 0.1) is 0 Å². The molecule has 0 radical (unpaired) electrons. The molecule has 0 aliphatic carbocycles. The molecular weight excluding hydrogens is 269 g/mol. The Morgan fingerprint density at radius 1 is 1.00 bits per heavy atom. The fourth-order valence-corrected chi connectivity index (χ4v) is 2.37. The van der Waals surface area contributed by atoms with Crippen LogP contribution in [0.2, 0.25) is 0 Å². The van der Waals surface area contributed by atoms with E-state index < -0.39 is 0 Å². The van der Waals surface area contributed by atoms with Gasteiger partial charge in [-0.05, 0) is 41.9 Å². The van der Waals surface area contributed by atoms with E-state index in [1.807, 2.05) is 31.2 Å². The molecule has 0 saturated heterocycles. The highest BCUT2D eigenvalue weighted by Gasteiger charge is 2.13. The molecule has 1 aliphatic rings. The van der Waals surface area contributed by atoms with Crippen molar-refractivity contribution in [3.05, 3.63) is 47.8 Å². The summed E-state index contributed by atoms with van der Waals surface area (Å²) in [6.07, 6.45) is 0. The second-order valence-corrected chi connectivity index (χ2v) is 4.94. The van der Waals surface area contributed by atoms with Gasteiger partial charge in [0.2, 0.25) is 0 Å². The maximum absolute atomic E-state index is 13.8. The highest BCUT2D eigenvalue weighted by molar-refractivity contribution is 5.68. The molecule has 0 saturated carbocycles. The van der Waals surface area contributed by atoms with Gasteiger partial charge in [0.1, 0.15) is 19.0 Å². The summed E-state index contributed by atoms with van der Waals surface area (Å²) in [7, 11) is 0. The van der Waals surface area contributed by atoms with Crippen molar-refractivity contribution in [2.45, 2.75) is 13.5 Å². The number of benzene rings is 2. The van der Waals surface area contributed by atoms with Gasteiger partial charge in [-0.15, -0.1) is 0 Å². The molecule has 0 spiro atoms. The molecule has 1 aliphatic heterocycles.